The van der Waals surface area contributed by atoms with E-state index in [-0.39, 0.29) is 5.97 Å². The molecule has 2 aromatic rings. The Labute approximate surface area is 195 Å². The first-order valence-electron chi connectivity index (χ1n) is 12.8. The normalized spacial score (nSPS) is 15.9. The lowest BCUT2D eigenvalue weighted by Crippen LogP contribution is -2.09. The van der Waals surface area contributed by atoms with Crippen LogP contribution < -0.4 is 4.74 Å². The zero-order valence-electron chi connectivity index (χ0n) is 20.1. The summed E-state index contributed by atoms with van der Waals surface area (Å²) in [7, 11) is 0. The van der Waals surface area contributed by atoms with Gasteiger partial charge in [0.05, 0.1) is 5.56 Å². The molecule has 2 nitrogen and oxygen atoms in total. The van der Waals surface area contributed by atoms with Crippen molar-refractivity contribution in [3.05, 3.63) is 71.3 Å². The average Bonchev–Trinajstić information content (AvgIpc) is 2.84. The van der Waals surface area contributed by atoms with Crippen LogP contribution in [-0.4, -0.2) is 5.97 Å². The SMILES string of the molecule is CCCCCCCC1CC=C(c2ccc(C(=O)Oc3ccc(CCCC)cc3)cc2)CC1. The summed E-state index contributed by atoms with van der Waals surface area (Å²) in [5.41, 5.74) is 4.55. The summed E-state index contributed by atoms with van der Waals surface area (Å²) in [6.45, 7) is 4.47. The highest BCUT2D eigenvalue weighted by atomic mass is 16.5. The summed E-state index contributed by atoms with van der Waals surface area (Å²) in [6, 6.07) is 15.8. The molecule has 0 radical (unpaired) electrons. The van der Waals surface area contributed by atoms with E-state index in [2.05, 4.69) is 44.2 Å². The van der Waals surface area contributed by atoms with Gasteiger partial charge < -0.3 is 4.74 Å². The molecule has 0 aliphatic heterocycles. The topological polar surface area (TPSA) is 26.3 Å². The summed E-state index contributed by atoms with van der Waals surface area (Å²) >= 11 is 0. The van der Waals surface area contributed by atoms with Crippen molar-refractivity contribution in [1.82, 2.24) is 0 Å². The molecule has 0 N–H and O–H groups in total. The Bertz CT molecular complexity index is 845. The lowest BCUT2D eigenvalue weighted by atomic mass is 9.83. The maximum Gasteiger partial charge on any atom is 0.343 e. The molecule has 0 bridgehead atoms. The van der Waals surface area contributed by atoms with Gasteiger partial charge >= 0.3 is 5.97 Å². The minimum atomic E-state index is -0.293. The molecule has 172 valence electrons. The van der Waals surface area contributed by atoms with Gasteiger partial charge in [0.1, 0.15) is 5.75 Å². The van der Waals surface area contributed by atoms with Gasteiger partial charge in [0, 0.05) is 0 Å². The molecule has 2 aromatic carbocycles. The van der Waals surface area contributed by atoms with Gasteiger partial charge in [-0.3, -0.25) is 0 Å². The monoisotopic (exact) mass is 432 g/mol. The molecule has 1 atom stereocenters. The Hall–Kier alpha value is -2.35. The molecule has 0 amide bonds. The maximum atomic E-state index is 12.5. The van der Waals surface area contributed by atoms with Crippen LogP contribution in [0.25, 0.3) is 5.57 Å². The zero-order chi connectivity index (χ0) is 22.6. The van der Waals surface area contributed by atoms with E-state index < -0.39 is 0 Å². The molecule has 3 rings (SSSR count). The summed E-state index contributed by atoms with van der Waals surface area (Å²) in [4.78, 5) is 12.5. The van der Waals surface area contributed by atoms with E-state index in [1.54, 1.807) is 0 Å². The van der Waals surface area contributed by atoms with Crippen LogP contribution in [0.5, 0.6) is 5.75 Å². The molecule has 2 heteroatoms. The summed E-state index contributed by atoms with van der Waals surface area (Å²) in [6.07, 6.45) is 17.7. The van der Waals surface area contributed by atoms with Crippen molar-refractivity contribution in [3.8, 4) is 5.75 Å². The largest absolute Gasteiger partial charge is 0.423 e. The van der Waals surface area contributed by atoms with Crippen molar-refractivity contribution in [2.75, 3.05) is 0 Å². The number of rotatable bonds is 12. The second kappa shape index (κ2) is 13.3. The number of ether oxygens (including phenoxy) is 1. The fourth-order valence-corrected chi connectivity index (χ4v) is 4.54. The first-order chi connectivity index (χ1) is 15.7. The summed E-state index contributed by atoms with van der Waals surface area (Å²) in [5.74, 6) is 1.16. The number of carbonyl (C=O) groups excluding carboxylic acids is 1. The van der Waals surface area contributed by atoms with Gasteiger partial charge in [0.25, 0.3) is 0 Å². The number of unbranched alkanes of at least 4 members (excludes halogenated alkanes) is 5. The maximum absolute atomic E-state index is 12.5. The van der Waals surface area contributed by atoms with Crippen LogP contribution >= 0.6 is 0 Å². The van der Waals surface area contributed by atoms with E-state index in [0.717, 1.165) is 18.8 Å². The van der Waals surface area contributed by atoms with E-state index in [1.807, 2.05) is 24.3 Å². The zero-order valence-corrected chi connectivity index (χ0v) is 20.1. The smallest absolute Gasteiger partial charge is 0.343 e. The van der Waals surface area contributed by atoms with Gasteiger partial charge in [0.2, 0.25) is 0 Å². The summed E-state index contributed by atoms with van der Waals surface area (Å²) in [5, 5.41) is 0. The Morgan fingerprint density at radius 1 is 0.875 bits per heavy atom. The second-order valence-electron chi connectivity index (χ2n) is 9.29. The van der Waals surface area contributed by atoms with Crippen molar-refractivity contribution >= 4 is 11.5 Å². The van der Waals surface area contributed by atoms with Gasteiger partial charge in [-0.2, -0.15) is 0 Å². The van der Waals surface area contributed by atoms with E-state index in [9.17, 15) is 4.79 Å². The molecule has 0 saturated heterocycles. The quantitative estimate of drug-likeness (QED) is 0.190. The molecule has 1 aliphatic carbocycles. The summed E-state index contributed by atoms with van der Waals surface area (Å²) < 4.78 is 5.57. The second-order valence-corrected chi connectivity index (χ2v) is 9.29. The van der Waals surface area contributed by atoms with E-state index in [1.165, 1.54) is 80.9 Å². The minimum Gasteiger partial charge on any atom is -0.423 e. The van der Waals surface area contributed by atoms with Gasteiger partial charge in [0.15, 0.2) is 0 Å². The highest BCUT2D eigenvalue weighted by Gasteiger charge is 2.16. The van der Waals surface area contributed by atoms with Crippen LogP contribution in [0.2, 0.25) is 0 Å². The molecule has 0 heterocycles. The third-order valence-corrected chi connectivity index (χ3v) is 6.68. The molecular formula is C30H40O2. The van der Waals surface area contributed by atoms with Crippen molar-refractivity contribution in [1.29, 1.82) is 0 Å². The number of carbonyl (C=O) groups is 1. The number of hydrogen-bond donors (Lipinski definition) is 0. The molecule has 1 aliphatic rings. The number of esters is 1. The van der Waals surface area contributed by atoms with Gasteiger partial charge in [-0.25, -0.2) is 4.79 Å². The molecule has 1 unspecified atom stereocenters. The van der Waals surface area contributed by atoms with E-state index >= 15 is 0 Å². The fourth-order valence-electron chi connectivity index (χ4n) is 4.54. The van der Waals surface area contributed by atoms with Crippen LogP contribution in [-0.2, 0) is 6.42 Å². The molecule has 0 fully saturated rings. The number of hydrogen-bond acceptors (Lipinski definition) is 2. The Kier molecular flexibility index (Phi) is 10.1. The molecular weight excluding hydrogens is 392 g/mol. The fraction of sp³-hybridized carbons (Fsp3) is 0.500. The number of aryl methyl sites for hydroxylation is 1. The minimum absolute atomic E-state index is 0.293. The van der Waals surface area contributed by atoms with E-state index in [4.69, 9.17) is 4.74 Å². The number of allylic oxidation sites excluding steroid dienone is 2. The Morgan fingerprint density at radius 2 is 1.59 bits per heavy atom. The van der Waals surface area contributed by atoms with Gasteiger partial charge in [-0.1, -0.05) is 89.1 Å². The van der Waals surface area contributed by atoms with Crippen LogP contribution in [0.1, 0.15) is 106 Å². The highest BCUT2D eigenvalue weighted by Crippen LogP contribution is 2.33. The molecule has 0 spiro atoms. The lowest BCUT2D eigenvalue weighted by molar-refractivity contribution is 0.0734. The third-order valence-electron chi connectivity index (χ3n) is 6.68. The molecule has 0 saturated carbocycles. The van der Waals surface area contributed by atoms with Crippen LogP contribution in [0.3, 0.4) is 0 Å². The Balaban J connectivity index is 1.47. The van der Waals surface area contributed by atoms with Crippen LogP contribution in [0.4, 0.5) is 0 Å². The van der Waals surface area contributed by atoms with Crippen LogP contribution in [0, 0.1) is 5.92 Å². The molecule has 32 heavy (non-hydrogen) atoms. The first kappa shape index (κ1) is 24.3. The van der Waals surface area contributed by atoms with E-state index in [0.29, 0.717) is 11.3 Å². The number of benzene rings is 2. The standard InChI is InChI=1S/C30H40O2/c1-3-5-7-8-9-11-25-12-16-26(17-13-25)27-18-20-28(21-19-27)30(31)32-29-22-14-24(15-23-29)10-6-4-2/h14-16,18-23,25H,3-13,17H2,1-2H3. The predicted molar refractivity (Wildman–Crippen MR) is 135 cm³/mol. The van der Waals surface area contributed by atoms with Crippen molar-refractivity contribution in [2.24, 2.45) is 5.92 Å². The van der Waals surface area contributed by atoms with Crippen LogP contribution in [0.15, 0.2) is 54.6 Å². The molecule has 0 aromatic heterocycles. The van der Waals surface area contributed by atoms with Gasteiger partial charge in [-0.05, 0) is 79.0 Å². The van der Waals surface area contributed by atoms with Crippen molar-refractivity contribution in [2.45, 2.75) is 90.9 Å². The lowest BCUT2D eigenvalue weighted by Gasteiger charge is -2.22. The first-order valence-corrected chi connectivity index (χ1v) is 12.8. The highest BCUT2D eigenvalue weighted by molar-refractivity contribution is 5.91. The average molecular weight is 433 g/mol. The van der Waals surface area contributed by atoms with Crippen molar-refractivity contribution < 1.29 is 9.53 Å². The van der Waals surface area contributed by atoms with Gasteiger partial charge in [-0.15, -0.1) is 0 Å². The Morgan fingerprint density at radius 3 is 2.25 bits per heavy atom. The van der Waals surface area contributed by atoms with Crippen molar-refractivity contribution in [3.63, 3.8) is 0 Å². The third kappa shape index (κ3) is 7.65. The predicted octanol–water partition coefficient (Wildman–Crippen LogP) is 8.79.